The van der Waals surface area contributed by atoms with Gasteiger partial charge in [-0.2, -0.15) is 9.78 Å². The van der Waals surface area contributed by atoms with E-state index in [1.807, 2.05) is 80.6 Å². The number of aromatic nitrogens is 3. The van der Waals surface area contributed by atoms with Gasteiger partial charge in [-0.25, -0.2) is 4.98 Å². The van der Waals surface area contributed by atoms with E-state index in [1.54, 1.807) is 4.68 Å². The lowest BCUT2D eigenvalue weighted by Gasteiger charge is -2.09. The number of fused-ring (bicyclic) bond motifs is 2. The Labute approximate surface area is 183 Å². The molecule has 0 fully saturated rings. The number of hydrogen-bond donors (Lipinski definition) is 1. The summed E-state index contributed by atoms with van der Waals surface area (Å²) in [5.74, 6) is 1.13. The molecule has 0 atom stereocenters. The summed E-state index contributed by atoms with van der Waals surface area (Å²) in [5, 5.41) is 10.2. The third-order valence-electron chi connectivity index (χ3n) is 4.96. The molecule has 0 aliphatic carbocycles. The molecule has 1 N–H and O–H groups in total. The number of nitrogens with one attached hydrogen (secondary N) is 1. The Morgan fingerprint density at radius 3 is 2.77 bits per heavy atom. The summed E-state index contributed by atoms with van der Waals surface area (Å²) in [6.45, 7) is 4.41. The first-order valence-electron chi connectivity index (χ1n) is 10.0. The highest BCUT2D eigenvalue weighted by atomic mass is 32.1. The van der Waals surface area contributed by atoms with E-state index >= 15 is 0 Å². The van der Waals surface area contributed by atoms with E-state index in [9.17, 15) is 4.79 Å². The van der Waals surface area contributed by atoms with Crippen molar-refractivity contribution in [2.24, 2.45) is 0 Å². The lowest BCUT2D eigenvalue weighted by molar-refractivity contribution is 0.102. The lowest BCUT2D eigenvalue weighted by atomic mass is 10.0. The first-order chi connectivity index (χ1) is 15.1. The van der Waals surface area contributed by atoms with E-state index in [4.69, 9.17) is 9.72 Å². The highest BCUT2D eigenvalue weighted by molar-refractivity contribution is 7.20. The second-order valence-corrected chi connectivity index (χ2v) is 8.11. The van der Waals surface area contributed by atoms with Gasteiger partial charge in [-0.15, -0.1) is 0 Å². The summed E-state index contributed by atoms with van der Waals surface area (Å²) in [4.78, 5) is 17.9. The van der Waals surface area contributed by atoms with Gasteiger partial charge in [0.2, 0.25) is 5.13 Å². The molecule has 0 aliphatic heterocycles. The van der Waals surface area contributed by atoms with Gasteiger partial charge in [0.1, 0.15) is 17.1 Å². The Bertz CT molecular complexity index is 1410. The first kappa shape index (κ1) is 19.3. The van der Waals surface area contributed by atoms with Gasteiger partial charge in [0.05, 0.1) is 17.0 Å². The molecule has 2 aromatic heterocycles. The second kappa shape index (κ2) is 7.85. The standard InChI is InChI=1S/C24H20N4O2S/c1-3-30-19-12-7-13-20-22(19)26-24(31-20)28-21(14-15(2)27-28)25-23(29)18-11-6-9-16-8-4-5-10-17(16)18/h4-14H,3H2,1-2H3,(H,25,29). The van der Waals surface area contributed by atoms with Crippen molar-refractivity contribution in [3.8, 4) is 10.9 Å². The van der Waals surface area contributed by atoms with Crippen molar-refractivity contribution in [2.45, 2.75) is 13.8 Å². The molecule has 154 valence electrons. The van der Waals surface area contributed by atoms with Crippen molar-refractivity contribution >= 4 is 44.1 Å². The maximum Gasteiger partial charge on any atom is 0.257 e. The van der Waals surface area contributed by atoms with Crippen LogP contribution in [-0.2, 0) is 0 Å². The van der Waals surface area contributed by atoms with Gasteiger partial charge in [0.25, 0.3) is 5.91 Å². The van der Waals surface area contributed by atoms with E-state index in [1.165, 1.54) is 11.3 Å². The Balaban J connectivity index is 1.53. The monoisotopic (exact) mass is 428 g/mol. The van der Waals surface area contributed by atoms with Crippen LogP contribution in [0.15, 0.2) is 66.7 Å². The van der Waals surface area contributed by atoms with Gasteiger partial charge >= 0.3 is 0 Å². The molecule has 0 radical (unpaired) electrons. The van der Waals surface area contributed by atoms with E-state index in [2.05, 4.69) is 10.4 Å². The number of anilines is 1. The van der Waals surface area contributed by atoms with Crippen LogP contribution in [0.4, 0.5) is 5.82 Å². The van der Waals surface area contributed by atoms with Gasteiger partial charge in [-0.05, 0) is 42.8 Å². The van der Waals surface area contributed by atoms with Gasteiger partial charge in [0.15, 0.2) is 0 Å². The molecular weight excluding hydrogens is 408 g/mol. The number of carbonyl (C=O) groups excluding carboxylic acids is 1. The number of amides is 1. The van der Waals surface area contributed by atoms with Gasteiger partial charge in [-0.3, -0.25) is 4.79 Å². The Hall–Kier alpha value is -3.71. The van der Waals surface area contributed by atoms with E-state index in [0.717, 1.165) is 32.4 Å². The first-order valence-corrected chi connectivity index (χ1v) is 10.8. The number of thiazole rings is 1. The minimum absolute atomic E-state index is 0.186. The highest BCUT2D eigenvalue weighted by Crippen LogP contribution is 2.33. The number of rotatable bonds is 5. The van der Waals surface area contributed by atoms with E-state index in [-0.39, 0.29) is 5.91 Å². The Kier molecular flexibility index (Phi) is 4.88. The van der Waals surface area contributed by atoms with Crippen molar-refractivity contribution in [1.29, 1.82) is 0 Å². The van der Waals surface area contributed by atoms with Gasteiger partial charge in [-0.1, -0.05) is 53.8 Å². The average Bonchev–Trinajstić information content (AvgIpc) is 3.37. The Morgan fingerprint density at radius 2 is 1.90 bits per heavy atom. The molecule has 0 spiro atoms. The fourth-order valence-electron chi connectivity index (χ4n) is 3.62. The zero-order valence-corrected chi connectivity index (χ0v) is 17.9. The summed E-state index contributed by atoms with van der Waals surface area (Å²) in [6, 6.07) is 21.3. The van der Waals surface area contributed by atoms with Crippen LogP contribution in [0.5, 0.6) is 5.75 Å². The summed E-state index contributed by atoms with van der Waals surface area (Å²) in [7, 11) is 0. The average molecular weight is 429 g/mol. The maximum absolute atomic E-state index is 13.1. The Morgan fingerprint density at radius 1 is 1.10 bits per heavy atom. The molecule has 5 aromatic rings. The number of benzene rings is 3. The summed E-state index contributed by atoms with van der Waals surface area (Å²) in [6.07, 6.45) is 0. The van der Waals surface area contributed by atoms with Crippen LogP contribution in [0.2, 0.25) is 0 Å². The normalized spacial score (nSPS) is 11.2. The second-order valence-electron chi connectivity index (χ2n) is 7.10. The van der Waals surface area contributed by atoms with Crippen LogP contribution >= 0.6 is 11.3 Å². The quantitative estimate of drug-likeness (QED) is 0.396. The highest BCUT2D eigenvalue weighted by Gasteiger charge is 2.18. The summed E-state index contributed by atoms with van der Waals surface area (Å²) < 4.78 is 8.39. The third-order valence-corrected chi connectivity index (χ3v) is 5.96. The summed E-state index contributed by atoms with van der Waals surface area (Å²) >= 11 is 1.50. The predicted octanol–water partition coefficient (Wildman–Crippen LogP) is 5.59. The molecule has 31 heavy (non-hydrogen) atoms. The fraction of sp³-hybridized carbons (Fsp3) is 0.125. The molecule has 0 unspecified atom stereocenters. The number of hydrogen-bond acceptors (Lipinski definition) is 5. The van der Waals surface area contributed by atoms with Crippen LogP contribution in [0.1, 0.15) is 23.0 Å². The SMILES string of the molecule is CCOc1cccc2sc(-n3nc(C)cc3NC(=O)c3cccc4ccccc34)nc12. The molecular formula is C24H20N4O2S. The van der Waals surface area contributed by atoms with Crippen LogP contribution in [-0.4, -0.2) is 27.3 Å². The lowest BCUT2D eigenvalue weighted by Crippen LogP contribution is -2.15. The minimum atomic E-state index is -0.186. The number of nitrogens with zero attached hydrogens (tertiary/aromatic N) is 3. The molecule has 7 heteroatoms. The van der Waals surface area contributed by atoms with Crippen LogP contribution < -0.4 is 10.1 Å². The molecule has 5 rings (SSSR count). The van der Waals surface area contributed by atoms with Crippen molar-refractivity contribution in [3.63, 3.8) is 0 Å². The third kappa shape index (κ3) is 3.53. The number of carbonyl (C=O) groups is 1. The minimum Gasteiger partial charge on any atom is -0.492 e. The molecule has 1 amide bonds. The van der Waals surface area contributed by atoms with Gasteiger partial charge < -0.3 is 10.1 Å². The fourth-order valence-corrected chi connectivity index (χ4v) is 4.56. The molecule has 0 saturated carbocycles. The van der Waals surface area contributed by atoms with Crippen molar-refractivity contribution < 1.29 is 9.53 Å². The molecule has 3 aromatic carbocycles. The molecule has 0 saturated heterocycles. The van der Waals surface area contributed by atoms with E-state index < -0.39 is 0 Å². The molecule has 0 aliphatic rings. The maximum atomic E-state index is 13.1. The predicted molar refractivity (Wildman–Crippen MR) is 125 cm³/mol. The largest absolute Gasteiger partial charge is 0.492 e. The topological polar surface area (TPSA) is 69.0 Å². The van der Waals surface area contributed by atoms with Crippen LogP contribution in [0.3, 0.4) is 0 Å². The summed E-state index contributed by atoms with van der Waals surface area (Å²) in [5.41, 5.74) is 2.20. The van der Waals surface area contributed by atoms with Gasteiger partial charge in [0, 0.05) is 11.6 Å². The van der Waals surface area contributed by atoms with Crippen LogP contribution in [0.25, 0.3) is 26.1 Å². The molecule has 0 bridgehead atoms. The van der Waals surface area contributed by atoms with Crippen molar-refractivity contribution in [3.05, 3.63) is 78.0 Å². The molecule has 2 heterocycles. The zero-order chi connectivity index (χ0) is 21.4. The zero-order valence-electron chi connectivity index (χ0n) is 17.1. The molecule has 6 nitrogen and oxygen atoms in total. The smallest absolute Gasteiger partial charge is 0.257 e. The van der Waals surface area contributed by atoms with Crippen LogP contribution in [0, 0.1) is 6.92 Å². The number of ether oxygens (including phenoxy) is 1. The van der Waals surface area contributed by atoms with Crippen molar-refractivity contribution in [2.75, 3.05) is 11.9 Å². The van der Waals surface area contributed by atoms with Crippen molar-refractivity contribution in [1.82, 2.24) is 14.8 Å². The number of para-hydroxylation sites is 1. The number of aryl methyl sites for hydroxylation is 1. The van der Waals surface area contributed by atoms with E-state index in [0.29, 0.717) is 23.1 Å².